The van der Waals surface area contributed by atoms with Crippen molar-refractivity contribution in [2.45, 2.75) is 44.2 Å². The molecule has 5 rings (SSSR count). The molecule has 4 atom stereocenters. The molecule has 0 heterocycles. The van der Waals surface area contributed by atoms with Gasteiger partial charge >= 0.3 is 5.97 Å². The molecule has 3 aliphatic carbocycles. The Balaban J connectivity index is 1.57. The van der Waals surface area contributed by atoms with Gasteiger partial charge in [-0.15, -0.1) is 0 Å². The smallest absolute Gasteiger partial charge is 0.311 e. The number of primary amides is 1. The summed E-state index contributed by atoms with van der Waals surface area (Å²) in [5.74, 6) is -7.26. The van der Waals surface area contributed by atoms with E-state index in [1.165, 1.54) is 4.90 Å². The minimum absolute atomic E-state index is 0.00794. The highest BCUT2D eigenvalue weighted by molar-refractivity contribution is 6.24. The third kappa shape index (κ3) is 5.03. The Hall–Kier alpha value is -4.68. The molecule has 45 heavy (non-hydrogen) atoms. The number of fused-ring (bicyclic) bond motifs is 3. The van der Waals surface area contributed by atoms with Crippen LogP contribution in [0.25, 0.3) is 5.76 Å². The van der Waals surface area contributed by atoms with Gasteiger partial charge < -0.3 is 35.8 Å². The van der Waals surface area contributed by atoms with Crippen molar-refractivity contribution in [3.05, 3.63) is 69.5 Å². The second-order valence-electron chi connectivity index (χ2n) is 12.4. The fourth-order valence-corrected chi connectivity index (χ4v) is 6.96. The summed E-state index contributed by atoms with van der Waals surface area (Å²) in [4.78, 5) is 55.5. The van der Waals surface area contributed by atoms with E-state index in [9.17, 15) is 39.6 Å². The summed E-state index contributed by atoms with van der Waals surface area (Å²) in [6.45, 7) is 1.91. The van der Waals surface area contributed by atoms with Crippen LogP contribution in [0.5, 0.6) is 11.5 Å². The maximum absolute atomic E-state index is 14.1. The highest BCUT2D eigenvalue weighted by Crippen LogP contribution is 2.54. The second kappa shape index (κ2) is 11.4. The molecule has 0 spiro atoms. The Morgan fingerprint density at radius 3 is 2.29 bits per heavy atom. The van der Waals surface area contributed by atoms with Crippen LogP contribution in [0.2, 0.25) is 0 Å². The van der Waals surface area contributed by atoms with E-state index in [1.807, 2.05) is 19.1 Å². The number of phenolic OH excluding ortho intramolecular Hbond substituents is 1. The number of nitrogens with zero attached hydrogens (tertiary/aromatic N) is 2. The minimum atomic E-state index is -2.72. The molecule has 2 aromatic carbocycles. The maximum atomic E-state index is 14.1. The van der Waals surface area contributed by atoms with Crippen LogP contribution in [-0.4, -0.2) is 88.6 Å². The summed E-state index contributed by atoms with van der Waals surface area (Å²) in [6, 6.07) is 7.53. The predicted octanol–water partition coefficient (Wildman–Crippen LogP) is 1.88. The van der Waals surface area contributed by atoms with Crippen molar-refractivity contribution in [3.63, 3.8) is 0 Å². The number of aliphatic hydroxyl groups is 3. The SMILES string of the molecule is Cc1ccc(OC(=O)CCc2cc(N(C)C)c3c(c2O)C(O)=C2C(=O)[C@@]4(O)C(O)=C(C(N)=O)C(=O)[C@H](N(C)C)[C@H]4C[C@H]2C3)cc1. The van der Waals surface area contributed by atoms with E-state index in [1.54, 1.807) is 51.3 Å². The third-order valence-electron chi connectivity index (χ3n) is 9.11. The summed E-state index contributed by atoms with van der Waals surface area (Å²) in [5.41, 5.74) is 4.03. The zero-order valence-corrected chi connectivity index (χ0v) is 25.7. The number of nitrogens with two attached hydrogens (primary N) is 1. The number of hydrogen-bond donors (Lipinski definition) is 5. The Morgan fingerprint density at radius 1 is 1.07 bits per heavy atom. The minimum Gasteiger partial charge on any atom is -0.508 e. The number of esters is 1. The fourth-order valence-electron chi connectivity index (χ4n) is 6.96. The molecule has 0 saturated heterocycles. The molecule has 0 unspecified atom stereocenters. The number of likely N-dealkylation sites (N-methyl/N-ethyl adjacent to an activating group) is 1. The Morgan fingerprint density at radius 2 is 1.71 bits per heavy atom. The maximum Gasteiger partial charge on any atom is 0.311 e. The fraction of sp³-hybridized carbons (Fsp3) is 0.394. The van der Waals surface area contributed by atoms with Gasteiger partial charge in [-0.05, 0) is 75.5 Å². The monoisotopic (exact) mass is 619 g/mol. The second-order valence-corrected chi connectivity index (χ2v) is 12.4. The van der Waals surface area contributed by atoms with Gasteiger partial charge in [0.2, 0.25) is 5.78 Å². The number of benzene rings is 2. The first-order chi connectivity index (χ1) is 21.1. The van der Waals surface area contributed by atoms with Crippen LogP contribution in [-0.2, 0) is 32.0 Å². The molecule has 238 valence electrons. The molecule has 12 nitrogen and oxygen atoms in total. The van der Waals surface area contributed by atoms with Gasteiger partial charge in [-0.25, -0.2) is 0 Å². The molecular weight excluding hydrogens is 582 g/mol. The number of ether oxygens (including phenoxy) is 1. The molecule has 0 aromatic heterocycles. The van der Waals surface area contributed by atoms with Crippen molar-refractivity contribution in [2.24, 2.45) is 17.6 Å². The first-order valence-electron chi connectivity index (χ1n) is 14.6. The first kappa shape index (κ1) is 31.7. The molecule has 0 aliphatic heterocycles. The van der Waals surface area contributed by atoms with E-state index in [2.05, 4.69) is 0 Å². The first-order valence-corrected chi connectivity index (χ1v) is 14.6. The molecule has 1 amide bonds. The van der Waals surface area contributed by atoms with Crippen LogP contribution in [0.3, 0.4) is 0 Å². The van der Waals surface area contributed by atoms with E-state index < -0.39 is 64.0 Å². The van der Waals surface area contributed by atoms with Crippen molar-refractivity contribution in [2.75, 3.05) is 33.1 Å². The highest BCUT2D eigenvalue weighted by Gasteiger charge is 2.64. The number of rotatable bonds is 7. The summed E-state index contributed by atoms with van der Waals surface area (Å²) in [7, 11) is 6.65. The zero-order valence-electron chi connectivity index (χ0n) is 25.7. The van der Waals surface area contributed by atoms with E-state index in [4.69, 9.17) is 10.5 Å². The van der Waals surface area contributed by atoms with E-state index in [0.29, 0.717) is 22.6 Å². The van der Waals surface area contributed by atoms with Crippen molar-refractivity contribution in [1.82, 2.24) is 4.90 Å². The van der Waals surface area contributed by atoms with Crippen molar-refractivity contribution >= 4 is 34.9 Å². The summed E-state index contributed by atoms with van der Waals surface area (Å²) < 4.78 is 5.41. The molecular formula is C33H37N3O9. The van der Waals surface area contributed by atoms with Crippen LogP contribution in [0.1, 0.15) is 35.1 Å². The van der Waals surface area contributed by atoms with Gasteiger partial charge in [-0.1, -0.05) is 17.7 Å². The number of Topliss-reactive ketones (excluding diaryl/α,β-unsaturated/α-hetero) is 2. The van der Waals surface area contributed by atoms with Gasteiger partial charge in [0, 0.05) is 31.3 Å². The number of aryl methyl sites for hydroxylation is 2. The highest BCUT2D eigenvalue weighted by atomic mass is 16.5. The number of ketones is 2. The van der Waals surface area contributed by atoms with Gasteiger partial charge in [0.25, 0.3) is 5.91 Å². The number of aromatic hydroxyl groups is 1. The number of hydrogen-bond acceptors (Lipinski definition) is 11. The molecule has 0 bridgehead atoms. The normalized spacial score (nSPS) is 24.3. The lowest BCUT2D eigenvalue weighted by Crippen LogP contribution is -2.65. The summed E-state index contributed by atoms with van der Waals surface area (Å²) in [6.07, 6.45) is 0.105. The average Bonchev–Trinajstić information content (AvgIpc) is 2.95. The van der Waals surface area contributed by atoms with E-state index in [0.717, 1.165) is 5.56 Å². The number of phenols is 1. The zero-order chi connectivity index (χ0) is 33.1. The molecule has 1 fully saturated rings. The molecule has 3 aliphatic rings. The van der Waals surface area contributed by atoms with Gasteiger partial charge in [0.1, 0.15) is 28.6 Å². The lowest BCUT2D eigenvalue weighted by Gasteiger charge is -2.50. The number of carbonyl (C=O) groups excluding carboxylic acids is 4. The predicted molar refractivity (Wildman–Crippen MR) is 164 cm³/mol. The van der Waals surface area contributed by atoms with Crippen LogP contribution < -0.4 is 15.4 Å². The van der Waals surface area contributed by atoms with Gasteiger partial charge in [0.05, 0.1) is 18.0 Å². The van der Waals surface area contributed by atoms with Crippen molar-refractivity contribution in [3.8, 4) is 11.5 Å². The van der Waals surface area contributed by atoms with Crippen LogP contribution in [0.4, 0.5) is 5.69 Å². The average molecular weight is 620 g/mol. The standard InChI is InChI=1S/C33H37N3O9/c1-15-6-9-18(10-7-15)45-22(37)11-8-16-14-21(35(2)3)19-12-17-13-20-26(36(4)5)29(40)25(32(34)43)31(42)33(20,44)30(41)23(17)28(39)24(19)27(16)38/h6-7,9-10,14,17,20,26,38-39,42,44H,8,11-13H2,1-5H3,(H2,34,43)/t17-,20-,26-,33-/m1/s1. The van der Waals surface area contributed by atoms with Crippen molar-refractivity contribution in [1.29, 1.82) is 0 Å². The Bertz CT molecular complexity index is 1690. The largest absolute Gasteiger partial charge is 0.508 e. The Labute approximate surface area is 260 Å². The molecule has 12 heteroatoms. The van der Waals surface area contributed by atoms with E-state index in [-0.39, 0.29) is 42.6 Å². The third-order valence-corrected chi connectivity index (χ3v) is 9.11. The topological polar surface area (TPSA) is 191 Å². The number of carbonyl (C=O) groups is 4. The lowest BCUT2D eigenvalue weighted by molar-refractivity contribution is -0.153. The van der Waals surface area contributed by atoms with Gasteiger partial charge in [0.15, 0.2) is 11.4 Å². The van der Waals surface area contributed by atoms with Crippen molar-refractivity contribution < 1.29 is 44.3 Å². The number of anilines is 1. The van der Waals surface area contributed by atoms with Crippen LogP contribution in [0.15, 0.2) is 47.2 Å². The van der Waals surface area contributed by atoms with Gasteiger partial charge in [-0.2, -0.15) is 0 Å². The quantitative estimate of drug-likeness (QED) is 0.173. The number of amides is 1. The summed E-state index contributed by atoms with van der Waals surface area (Å²) in [5, 5.41) is 45.9. The molecule has 1 saturated carbocycles. The van der Waals surface area contributed by atoms with E-state index >= 15 is 0 Å². The molecule has 6 N–H and O–H groups in total. The summed E-state index contributed by atoms with van der Waals surface area (Å²) >= 11 is 0. The Kier molecular flexibility index (Phi) is 8.01. The number of aliphatic hydroxyl groups excluding tert-OH is 2. The van der Waals surface area contributed by atoms with Gasteiger partial charge in [-0.3, -0.25) is 24.1 Å². The van der Waals surface area contributed by atoms with Crippen LogP contribution in [0, 0.1) is 18.8 Å². The van der Waals surface area contributed by atoms with Crippen LogP contribution >= 0.6 is 0 Å². The molecule has 2 aromatic rings. The molecule has 0 radical (unpaired) electrons. The lowest BCUT2D eigenvalue weighted by atomic mass is 9.57.